The van der Waals surface area contributed by atoms with Crippen LogP contribution in [0.1, 0.15) is 54.4 Å². The van der Waals surface area contributed by atoms with Crippen LogP contribution in [-0.2, 0) is 11.2 Å². The molecule has 0 spiro atoms. The average molecular weight is 548 g/mol. The minimum atomic E-state index is -0.647. The fraction of sp³-hybridized carbons (Fsp3) is 0.400. The minimum Gasteiger partial charge on any atom is -0.481 e. The molecular formula is C30H34FN5O2S. The largest absolute Gasteiger partial charge is 0.481 e. The van der Waals surface area contributed by atoms with Gasteiger partial charge in [-0.25, -0.2) is 19.3 Å². The van der Waals surface area contributed by atoms with E-state index in [9.17, 15) is 9.18 Å². The molecule has 2 atom stereocenters. The molecule has 1 amide bonds. The van der Waals surface area contributed by atoms with E-state index >= 15 is 0 Å². The smallest absolute Gasteiger partial charge is 0.230 e. The number of halogens is 1. The lowest BCUT2D eigenvalue weighted by Gasteiger charge is -2.33. The number of hydrogen-bond donors (Lipinski definition) is 1. The number of ether oxygens (including phenoxy) is 1. The number of aryl methyl sites for hydroxylation is 3. The number of thiazole rings is 1. The topological polar surface area (TPSA) is 80.2 Å². The van der Waals surface area contributed by atoms with E-state index in [4.69, 9.17) is 9.72 Å². The quantitative estimate of drug-likeness (QED) is 0.279. The van der Waals surface area contributed by atoms with Crippen LogP contribution in [0, 0.1) is 19.7 Å². The zero-order valence-corrected chi connectivity index (χ0v) is 23.9. The maximum Gasteiger partial charge on any atom is 0.230 e. The van der Waals surface area contributed by atoms with Gasteiger partial charge in [-0.15, -0.1) is 11.3 Å². The highest BCUT2D eigenvalue weighted by molar-refractivity contribution is 7.18. The van der Waals surface area contributed by atoms with Crippen molar-refractivity contribution in [1.82, 2.24) is 19.9 Å². The molecule has 4 aromatic rings. The Hall–Kier alpha value is -3.59. The Morgan fingerprint density at radius 1 is 1.26 bits per heavy atom. The van der Waals surface area contributed by atoms with Crippen molar-refractivity contribution in [1.29, 1.82) is 0 Å². The number of aromatic nitrogens is 3. The Labute approximate surface area is 232 Å². The molecule has 1 aromatic carbocycles. The summed E-state index contributed by atoms with van der Waals surface area (Å²) in [4.78, 5) is 28.8. The molecule has 4 heterocycles. The molecule has 3 aromatic heterocycles. The van der Waals surface area contributed by atoms with Gasteiger partial charge in [0.2, 0.25) is 11.8 Å². The van der Waals surface area contributed by atoms with Gasteiger partial charge in [-0.3, -0.25) is 4.79 Å². The van der Waals surface area contributed by atoms with Crippen LogP contribution in [0.4, 0.5) is 10.2 Å². The summed E-state index contributed by atoms with van der Waals surface area (Å²) in [5.74, 6) is -0.0896. The van der Waals surface area contributed by atoms with Crippen LogP contribution < -0.4 is 10.1 Å². The summed E-state index contributed by atoms with van der Waals surface area (Å²) < 4.78 is 20.9. The molecule has 7 nitrogen and oxygen atoms in total. The number of carbonyl (C=O) groups excluding carboxylic acids is 1. The van der Waals surface area contributed by atoms with Crippen LogP contribution in [0.3, 0.4) is 0 Å². The Kier molecular flexibility index (Phi) is 7.79. The number of rotatable bonds is 8. The predicted molar refractivity (Wildman–Crippen MR) is 154 cm³/mol. The van der Waals surface area contributed by atoms with Crippen molar-refractivity contribution in [3.05, 3.63) is 64.2 Å². The fourth-order valence-electron chi connectivity index (χ4n) is 5.31. The average Bonchev–Trinajstić information content (AvgIpc) is 3.31. The second-order valence-corrected chi connectivity index (χ2v) is 11.4. The van der Waals surface area contributed by atoms with Crippen LogP contribution in [0.2, 0.25) is 0 Å². The molecule has 204 valence electrons. The van der Waals surface area contributed by atoms with Gasteiger partial charge in [-0.2, -0.15) is 0 Å². The summed E-state index contributed by atoms with van der Waals surface area (Å²) in [6.45, 7) is 8.97. The summed E-state index contributed by atoms with van der Waals surface area (Å²) in [5.41, 5.74) is 5.68. The number of hydrogen-bond acceptors (Lipinski definition) is 7. The molecule has 0 saturated heterocycles. The highest BCUT2D eigenvalue weighted by atomic mass is 32.1. The van der Waals surface area contributed by atoms with Gasteiger partial charge in [0.25, 0.3) is 0 Å². The number of amides is 1. The lowest BCUT2D eigenvalue weighted by Crippen LogP contribution is -2.44. The molecule has 9 heteroatoms. The first-order valence-corrected chi connectivity index (χ1v) is 14.2. The van der Waals surface area contributed by atoms with Crippen molar-refractivity contribution in [2.75, 3.05) is 25.5 Å². The summed E-state index contributed by atoms with van der Waals surface area (Å²) in [5, 5.41) is 4.65. The highest BCUT2D eigenvalue weighted by Gasteiger charge is 2.29. The van der Waals surface area contributed by atoms with E-state index in [1.165, 1.54) is 23.4 Å². The van der Waals surface area contributed by atoms with Gasteiger partial charge < -0.3 is 15.0 Å². The predicted octanol–water partition coefficient (Wildman–Crippen LogP) is 6.29. The first-order valence-electron chi connectivity index (χ1n) is 13.4. The van der Waals surface area contributed by atoms with Crippen LogP contribution in [-0.4, -0.2) is 52.0 Å². The zero-order valence-electron chi connectivity index (χ0n) is 23.0. The van der Waals surface area contributed by atoms with Crippen LogP contribution in [0.5, 0.6) is 5.88 Å². The van der Waals surface area contributed by atoms with E-state index < -0.39 is 11.7 Å². The molecule has 1 aliphatic rings. The summed E-state index contributed by atoms with van der Waals surface area (Å²) in [6, 6.07) is 10.2. The number of pyridine rings is 2. The van der Waals surface area contributed by atoms with Crippen LogP contribution >= 0.6 is 11.3 Å². The lowest BCUT2D eigenvalue weighted by atomic mass is 9.95. The van der Waals surface area contributed by atoms with Gasteiger partial charge in [-0.1, -0.05) is 13.0 Å². The standard InChI is InChI=1S/C30H34FN5O2S/c1-6-11-36(30(37)17(2)23-14-28(38-5)32-15-25(23)31)16-22-9-7-21-12-24(18(3)33-29(21)35-22)20-8-10-27-26(13-20)34-19(4)39-27/h8,10,12-15,17,22H,6-7,9,11,16H2,1-5H3,(H,33,35)/t17-,22-/m1/s1. The molecule has 0 bridgehead atoms. The van der Waals surface area contributed by atoms with Crippen molar-refractivity contribution in [2.24, 2.45) is 0 Å². The Morgan fingerprint density at radius 3 is 2.85 bits per heavy atom. The first-order chi connectivity index (χ1) is 18.8. The van der Waals surface area contributed by atoms with E-state index in [1.54, 1.807) is 18.3 Å². The third-order valence-corrected chi connectivity index (χ3v) is 8.30. The minimum absolute atomic E-state index is 0.0594. The number of carbonyl (C=O) groups is 1. The van der Waals surface area contributed by atoms with Gasteiger partial charge in [0.1, 0.15) is 11.6 Å². The van der Waals surface area contributed by atoms with E-state index in [0.717, 1.165) is 58.6 Å². The number of nitrogens with one attached hydrogen (secondary N) is 1. The van der Waals surface area contributed by atoms with E-state index in [0.29, 0.717) is 24.5 Å². The third kappa shape index (κ3) is 5.59. The molecule has 1 N–H and O–H groups in total. The van der Waals surface area contributed by atoms with Gasteiger partial charge in [-0.05, 0) is 69.4 Å². The molecule has 5 rings (SSSR count). The lowest BCUT2D eigenvalue weighted by molar-refractivity contribution is -0.132. The number of nitrogens with zero attached hydrogens (tertiary/aromatic N) is 4. The van der Waals surface area contributed by atoms with E-state index in [1.807, 2.05) is 25.7 Å². The summed E-state index contributed by atoms with van der Waals surface area (Å²) in [7, 11) is 1.48. The van der Waals surface area contributed by atoms with E-state index in [-0.39, 0.29) is 11.9 Å². The number of benzene rings is 1. The fourth-order valence-corrected chi connectivity index (χ4v) is 6.12. The third-order valence-electron chi connectivity index (χ3n) is 7.35. The Morgan fingerprint density at radius 2 is 2.08 bits per heavy atom. The summed E-state index contributed by atoms with van der Waals surface area (Å²) in [6.07, 6.45) is 3.67. The second kappa shape index (κ2) is 11.3. The molecule has 0 fully saturated rings. The van der Waals surface area contributed by atoms with Crippen molar-refractivity contribution in [3.8, 4) is 17.0 Å². The molecule has 0 saturated carbocycles. The normalized spacial score (nSPS) is 15.5. The first kappa shape index (κ1) is 27.0. The van der Waals surface area contributed by atoms with Gasteiger partial charge in [0.15, 0.2) is 0 Å². The van der Waals surface area contributed by atoms with Crippen molar-refractivity contribution in [2.45, 2.75) is 58.9 Å². The monoisotopic (exact) mass is 547 g/mol. The Bertz CT molecular complexity index is 1520. The number of methoxy groups -OCH3 is 1. The summed E-state index contributed by atoms with van der Waals surface area (Å²) >= 11 is 1.70. The van der Waals surface area contributed by atoms with Gasteiger partial charge in [0, 0.05) is 42.0 Å². The van der Waals surface area contributed by atoms with Crippen LogP contribution in [0.15, 0.2) is 36.5 Å². The highest BCUT2D eigenvalue weighted by Crippen LogP contribution is 2.33. The SMILES string of the molecule is CCCN(C[C@H]1CCc2cc(-c3ccc4sc(C)nc4c3)c(C)nc2N1)C(=O)[C@H](C)c1cc(OC)ncc1F. The van der Waals surface area contributed by atoms with E-state index in [2.05, 4.69) is 39.6 Å². The number of anilines is 1. The van der Waals surface area contributed by atoms with Crippen molar-refractivity contribution < 1.29 is 13.9 Å². The number of fused-ring (bicyclic) bond motifs is 2. The maximum atomic E-state index is 14.5. The zero-order chi connectivity index (χ0) is 27.7. The molecule has 1 aliphatic heterocycles. The van der Waals surface area contributed by atoms with Gasteiger partial charge in [0.05, 0.1) is 34.4 Å². The molecule has 0 radical (unpaired) electrons. The van der Waals surface area contributed by atoms with Crippen molar-refractivity contribution >= 4 is 33.3 Å². The van der Waals surface area contributed by atoms with Gasteiger partial charge >= 0.3 is 0 Å². The maximum absolute atomic E-state index is 14.5. The van der Waals surface area contributed by atoms with Crippen LogP contribution in [0.25, 0.3) is 21.3 Å². The van der Waals surface area contributed by atoms with Crippen molar-refractivity contribution in [3.63, 3.8) is 0 Å². The Balaban J connectivity index is 1.33. The second-order valence-electron chi connectivity index (χ2n) is 10.2. The molecular weight excluding hydrogens is 513 g/mol. The molecule has 0 aliphatic carbocycles. The molecule has 39 heavy (non-hydrogen) atoms. The molecule has 0 unspecified atom stereocenters.